The van der Waals surface area contributed by atoms with Gasteiger partial charge in [0, 0.05) is 18.4 Å². The highest BCUT2D eigenvalue weighted by molar-refractivity contribution is 9.09. The normalized spacial score (nSPS) is 12.5. The van der Waals surface area contributed by atoms with E-state index in [0.29, 0.717) is 16.2 Å². The van der Waals surface area contributed by atoms with Crippen molar-refractivity contribution in [1.82, 2.24) is 9.88 Å². The molecule has 1 aromatic rings. The van der Waals surface area contributed by atoms with Gasteiger partial charge in [0.1, 0.15) is 4.88 Å². The fourth-order valence-corrected chi connectivity index (χ4v) is 2.02. The molecule has 1 aromatic heterocycles. The maximum Gasteiger partial charge on any atom is 0.265 e. The van der Waals surface area contributed by atoms with Crippen LogP contribution < -0.4 is 0 Å². The molecule has 0 aromatic carbocycles. The molecule has 0 fully saturated rings. The van der Waals surface area contributed by atoms with Gasteiger partial charge in [0.15, 0.2) is 0 Å². The van der Waals surface area contributed by atoms with Crippen LogP contribution in [0.3, 0.4) is 0 Å². The summed E-state index contributed by atoms with van der Waals surface area (Å²) in [6.45, 7) is 2.72. The average Bonchev–Trinajstić information content (AvgIpc) is 2.53. The van der Waals surface area contributed by atoms with Gasteiger partial charge in [-0.3, -0.25) is 9.78 Å². The molecule has 1 atom stereocenters. The Hall–Kier alpha value is -0.420. The predicted octanol–water partition coefficient (Wildman–Crippen LogP) is 2.00. The molecule has 0 saturated carbocycles. The second-order valence-corrected chi connectivity index (χ2v) is 5.28. The van der Waals surface area contributed by atoms with Gasteiger partial charge in [-0.15, -0.1) is 11.3 Å². The lowest BCUT2D eigenvalue weighted by molar-refractivity contribution is 0.0802. The van der Waals surface area contributed by atoms with Crippen LogP contribution in [0.5, 0.6) is 0 Å². The number of nitrogens with zero attached hydrogens (tertiary/aromatic N) is 2. The number of halogens is 1. The highest BCUT2D eigenvalue weighted by Gasteiger charge is 2.13. The van der Waals surface area contributed by atoms with Gasteiger partial charge in [-0.1, -0.05) is 22.9 Å². The quantitative estimate of drug-likeness (QED) is 0.781. The van der Waals surface area contributed by atoms with Crippen LogP contribution in [0.2, 0.25) is 0 Å². The van der Waals surface area contributed by atoms with E-state index in [0.717, 1.165) is 0 Å². The first kappa shape index (κ1) is 10.7. The first-order valence-electron chi connectivity index (χ1n) is 3.89. The smallest absolute Gasteiger partial charge is 0.265 e. The molecule has 0 radical (unpaired) electrons. The van der Waals surface area contributed by atoms with Crippen molar-refractivity contribution >= 4 is 33.2 Å². The fourth-order valence-electron chi connectivity index (χ4n) is 0.970. The lowest BCUT2D eigenvalue weighted by Crippen LogP contribution is -2.30. The fraction of sp³-hybridized carbons (Fsp3) is 0.500. The Morgan fingerprint density at radius 1 is 1.85 bits per heavy atom. The molecule has 1 rings (SSSR count). The zero-order valence-corrected chi connectivity index (χ0v) is 9.93. The standard InChI is InChI=1S/C8H11BrN2OS/c1-6(9)4-11(2)8(12)7-3-10-5-13-7/h3,5-6H,4H2,1-2H3. The van der Waals surface area contributed by atoms with Crippen molar-refractivity contribution in [2.75, 3.05) is 13.6 Å². The number of hydrogen-bond donors (Lipinski definition) is 0. The average molecular weight is 263 g/mol. The van der Waals surface area contributed by atoms with Crippen molar-refractivity contribution in [2.24, 2.45) is 0 Å². The Bertz CT molecular complexity index is 274. The summed E-state index contributed by atoms with van der Waals surface area (Å²) in [4.78, 5) is 18.2. The van der Waals surface area contributed by atoms with E-state index in [2.05, 4.69) is 20.9 Å². The Morgan fingerprint density at radius 3 is 3.00 bits per heavy atom. The first-order valence-corrected chi connectivity index (χ1v) is 5.69. The van der Waals surface area contributed by atoms with Gasteiger partial charge in [0.2, 0.25) is 0 Å². The van der Waals surface area contributed by atoms with E-state index in [4.69, 9.17) is 0 Å². The largest absolute Gasteiger partial charge is 0.340 e. The van der Waals surface area contributed by atoms with Crippen LogP contribution in [0.25, 0.3) is 0 Å². The number of amides is 1. The third-order valence-electron chi connectivity index (χ3n) is 1.52. The van der Waals surface area contributed by atoms with E-state index >= 15 is 0 Å². The molecule has 0 aliphatic rings. The third-order valence-corrected chi connectivity index (χ3v) is 2.57. The summed E-state index contributed by atoms with van der Waals surface area (Å²) in [5.41, 5.74) is 1.67. The van der Waals surface area contributed by atoms with Crippen LogP contribution in [0.4, 0.5) is 0 Å². The predicted molar refractivity (Wildman–Crippen MR) is 57.5 cm³/mol. The summed E-state index contributed by atoms with van der Waals surface area (Å²) in [5.74, 6) is 0.0359. The second kappa shape index (κ2) is 4.72. The minimum Gasteiger partial charge on any atom is -0.340 e. The van der Waals surface area contributed by atoms with E-state index in [1.165, 1.54) is 11.3 Å². The van der Waals surface area contributed by atoms with Crippen molar-refractivity contribution < 1.29 is 4.79 Å². The summed E-state index contributed by atoms with van der Waals surface area (Å²) in [7, 11) is 1.79. The molecule has 0 aliphatic carbocycles. The van der Waals surface area contributed by atoms with Crippen LogP contribution in [0, 0.1) is 0 Å². The summed E-state index contributed by atoms with van der Waals surface area (Å²) in [6, 6.07) is 0. The highest BCUT2D eigenvalue weighted by atomic mass is 79.9. The number of thiazole rings is 1. The molecule has 0 spiro atoms. The molecular weight excluding hydrogens is 252 g/mol. The van der Waals surface area contributed by atoms with Crippen LogP contribution in [0.1, 0.15) is 16.6 Å². The van der Waals surface area contributed by atoms with Crippen LogP contribution in [-0.4, -0.2) is 34.2 Å². The number of carbonyl (C=O) groups is 1. The monoisotopic (exact) mass is 262 g/mol. The molecule has 1 unspecified atom stereocenters. The summed E-state index contributed by atoms with van der Waals surface area (Å²) in [6.07, 6.45) is 1.60. The molecule has 0 aliphatic heterocycles. The zero-order chi connectivity index (χ0) is 9.84. The third kappa shape index (κ3) is 3.08. The first-order chi connectivity index (χ1) is 6.11. The van der Waals surface area contributed by atoms with Crippen molar-refractivity contribution in [1.29, 1.82) is 0 Å². The van der Waals surface area contributed by atoms with Gasteiger partial charge in [0.05, 0.1) is 11.7 Å². The van der Waals surface area contributed by atoms with Gasteiger partial charge in [0.25, 0.3) is 5.91 Å². The molecule has 5 heteroatoms. The molecule has 13 heavy (non-hydrogen) atoms. The van der Waals surface area contributed by atoms with Gasteiger partial charge in [-0.05, 0) is 0 Å². The Kier molecular flexibility index (Phi) is 3.87. The van der Waals surface area contributed by atoms with Crippen molar-refractivity contribution in [3.8, 4) is 0 Å². The lowest BCUT2D eigenvalue weighted by atomic mass is 10.4. The van der Waals surface area contributed by atoms with E-state index in [1.54, 1.807) is 23.7 Å². The summed E-state index contributed by atoms with van der Waals surface area (Å²) < 4.78 is 0. The molecule has 0 saturated heterocycles. The maximum absolute atomic E-state index is 11.6. The number of hydrogen-bond acceptors (Lipinski definition) is 3. The zero-order valence-electron chi connectivity index (χ0n) is 7.53. The summed E-state index contributed by atoms with van der Waals surface area (Å²) in [5, 5.41) is 0. The highest BCUT2D eigenvalue weighted by Crippen LogP contribution is 2.10. The number of carbonyl (C=O) groups excluding carboxylic acids is 1. The van der Waals surface area contributed by atoms with Crippen molar-refractivity contribution in [2.45, 2.75) is 11.8 Å². The molecule has 0 bridgehead atoms. The van der Waals surface area contributed by atoms with Crippen molar-refractivity contribution in [3.63, 3.8) is 0 Å². The second-order valence-electron chi connectivity index (χ2n) is 2.83. The minimum absolute atomic E-state index is 0.0359. The van der Waals surface area contributed by atoms with E-state index in [9.17, 15) is 4.79 Å². The maximum atomic E-state index is 11.6. The topological polar surface area (TPSA) is 33.2 Å². The van der Waals surface area contributed by atoms with Crippen LogP contribution in [0.15, 0.2) is 11.7 Å². The number of aromatic nitrogens is 1. The van der Waals surface area contributed by atoms with E-state index in [1.807, 2.05) is 6.92 Å². The van der Waals surface area contributed by atoms with Crippen molar-refractivity contribution in [3.05, 3.63) is 16.6 Å². The number of alkyl halides is 1. The van der Waals surface area contributed by atoms with Crippen LogP contribution >= 0.6 is 27.3 Å². The van der Waals surface area contributed by atoms with Gasteiger partial charge in [-0.2, -0.15) is 0 Å². The number of rotatable bonds is 3. The van der Waals surface area contributed by atoms with Gasteiger partial charge >= 0.3 is 0 Å². The molecule has 0 N–H and O–H groups in total. The molecular formula is C8H11BrN2OS. The van der Waals surface area contributed by atoms with Crippen LogP contribution in [-0.2, 0) is 0 Å². The lowest BCUT2D eigenvalue weighted by Gasteiger charge is -2.17. The SMILES string of the molecule is CC(Br)CN(C)C(=O)c1cncs1. The van der Waals surface area contributed by atoms with Gasteiger partial charge < -0.3 is 4.90 Å². The Balaban J connectivity index is 2.58. The molecule has 72 valence electrons. The van der Waals surface area contributed by atoms with Gasteiger partial charge in [-0.25, -0.2) is 0 Å². The van der Waals surface area contributed by atoms with E-state index in [-0.39, 0.29) is 5.91 Å². The Morgan fingerprint density at radius 2 is 2.54 bits per heavy atom. The van der Waals surface area contributed by atoms with E-state index < -0.39 is 0 Å². The summed E-state index contributed by atoms with van der Waals surface area (Å²) >= 11 is 4.77. The minimum atomic E-state index is 0.0359. The molecule has 1 amide bonds. The molecule has 1 heterocycles. The Labute approximate surface area is 89.9 Å². The molecule has 3 nitrogen and oxygen atoms in total.